The highest BCUT2D eigenvalue weighted by Gasteiger charge is 2.36. The molecular weight excluding hydrogens is 300 g/mol. The van der Waals surface area contributed by atoms with Crippen LogP contribution in [0.2, 0.25) is 0 Å². The molecule has 0 aliphatic heterocycles. The van der Waals surface area contributed by atoms with Crippen LogP contribution in [0.3, 0.4) is 0 Å². The third-order valence-corrected chi connectivity index (χ3v) is 4.41. The van der Waals surface area contributed by atoms with Crippen LogP contribution in [0.25, 0.3) is 0 Å². The van der Waals surface area contributed by atoms with E-state index in [1.165, 1.54) is 5.56 Å². The van der Waals surface area contributed by atoms with Crippen LogP contribution in [-0.4, -0.2) is 35.6 Å². The van der Waals surface area contributed by atoms with Gasteiger partial charge in [-0.3, -0.25) is 0 Å². The van der Waals surface area contributed by atoms with Crippen molar-refractivity contribution in [1.29, 1.82) is 0 Å². The Labute approximate surface area is 143 Å². The summed E-state index contributed by atoms with van der Waals surface area (Å²) in [6.45, 7) is 6.76. The molecule has 128 valence electrons. The summed E-state index contributed by atoms with van der Waals surface area (Å²) in [6, 6.07) is 8.35. The van der Waals surface area contributed by atoms with E-state index in [9.17, 15) is 5.11 Å². The van der Waals surface area contributed by atoms with E-state index < -0.39 is 0 Å². The number of aliphatic hydroxyl groups excluding tert-OH is 1. The molecule has 1 aromatic carbocycles. The maximum atomic E-state index is 9.57. The molecule has 0 amide bonds. The summed E-state index contributed by atoms with van der Waals surface area (Å²) in [7, 11) is 0. The van der Waals surface area contributed by atoms with Crippen molar-refractivity contribution in [2.75, 3.05) is 13.2 Å². The zero-order chi connectivity index (χ0) is 17.2. The summed E-state index contributed by atoms with van der Waals surface area (Å²) in [6.07, 6.45) is 8.19. The van der Waals surface area contributed by atoms with Crippen LogP contribution < -0.4 is 5.32 Å². The maximum Gasteiger partial charge on any atom is 0.162 e. The summed E-state index contributed by atoms with van der Waals surface area (Å²) < 4.78 is 0. The van der Waals surface area contributed by atoms with Crippen molar-refractivity contribution in [3.05, 3.63) is 59.7 Å². The van der Waals surface area contributed by atoms with Gasteiger partial charge in [0.1, 0.15) is 0 Å². The van der Waals surface area contributed by atoms with Crippen LogP contribution >= 0.6 is 0 Å². The van der Waals surface area contributed by atoms with Gasteiger partial charge in [0, 0.05) is 29.5 Å². The van der Waals surface area contributed by atoms with E-state index in [-0.39, 0.29) is 24.2 Å². The number of hydrogen-bond acceptors (Lipinski definition) is 4. The molecule has 0 fully saturated rings. The van der Waals surface area contributed by atoms with Crippen LogP contribution in [0, 0.1) is 5.92 Å². The molecule has 0 saturated heterocycles. The quantitative estimate of drug-likeness (QED) is 0.818. The van der Waals surface area contributed by atoms with Crippen molar-refractivity contribution >= 4 is 5.71 Å². The Morgan fingerprint density at radius 2 is 1.88 bits per heavy atom. The zero-order valence-corrected chi connectivity index (χ0v) is 14.6. The first-order chi connectivity index (χ1) is 11.5. The third kappa shape index (κ3) is 3.60. The maximum absolute atomic E-state index is 9.57. The minimum atomic E-state index is -0.356. The predicted molar refractivity (Wildman–Crippen MR) is 97.2 cm³/mol. The second kappa shape index (κ2) is 6.91. The first-order valence-corrected chi connectivity index (χ1v) is 8.53. The van der Waals surface area contributed by atoms with Crippen molar-refractivity contribution in [2.45, 2.75) is 38.3 Å². The molecular formula is C20H26N2O2. The number of oxime groups is 1. The van der Waals surface area contributed by atoms with Crippen LogP contribution in [0.4, 0.5) is 0 Å². The van der Waals surface area contributed by atoms with E-state index in [1.54, 1.807) is 0 Å². The largest absolute Gasteiger partial charge is 0.392 e. The summed E-state index contributed by atoms with van der Waals surface area (Å²) >= 11 is 0. The smallest absolute Gasteiger partial charge is 0.162 e. The molecule has 0 radical (unpaired) electrons. The van der Waals surface area contributed by atoms with E-state index in [0.29, 0.717) is 12.5 Å². The average Bonchev–Trinajstić information content (AvgIpc) is 2.89. The normalized spacial score (nSPS) is 24.8. The van der Waals surface area contributed by atoms with E-state index >= 15 is 0 Å². The molecule has 0 bridgehead atoms. The lowest BCUT2D eigenvalue weighted by Crippen LogP contribution is -2.42. The van der Waals surface area contributed by atoms with Gasteiger partial charge in [-0.2, -0.15) is 0 Å². The van der Waals surface area contributed by atoms with Crippen molar-refractivity contribution in [3.63, 3.8) is 0 Å². The summed E-state index contributed by atoms with van der Waals surface area (Å²) in [5.41, 5.74) is 3.36. The van der Waals surface area contributed by atoms with Gasteiger partial charge in [-0.1, -0.05) is 53.7 Å². The van der Waals surface area contributed by atoms with Crippen LogP contribution in [-0.2, 0) is 4.84 Å². The number of aliphatic hydroxyl groups is 1. The van der Waals surface area contributed by atoms with Crippen LogP contribution in [0.1, 0.15) is 37.8 Å². The molecule has 3 unspecified atom stereocenters. The van der Waals surface area contributed by atoms with E-state index in [1.807, 2.05) is 6.07 Å². The minimum absolute atomic E-state index is 0.0219. The minimum Gasteiger partial charge on any atom is -0.392 e. The van der Waals surface area contributed by atoms with Crippen LogP contribution in [0.5, 0.6) is 0 Å². The SMILES string of the molecule is CC(C)(C)NCC(CO)O/N=C1\c2ccccc2C2C=CC=CC12. The lowest BCUT2D eigenvalue weighted by Gasteiger charge is -2.23. The summed E-state index contributed by atoms with van der Waals surface area (Å²) in [4.78, 5) is 5.69. The molecule has 1 aromatic rings. The van der Waals surface area contributed by atoms with Crippen molar-refractivity contribution in [3.8, 4) is 0 Å². The molecule has 24 heavy (non-hydrogen) atoms. The van der Waals surface area contributed by atoms with E-state index in [2.05, 4.69) is 73.7 Å². The monoisotopic (exact) mass is 326 g/mol. The highest BCUT2D eigenvalue weighted by Crippen LogP contribution is 2.41. The fraction of sp³-hybridized carbons (Fsp3) is 0.450. The number of nitrogens with zero attached hydrogens (tertiary/aromatic N) is 1. The molecule has 2 aliphatic carbocycles. The molecule has 0 saturated carbocycles. The van der Waals surface area contributed by atoms with Gasteiger partial charge < -0.3 is 15.3 Å². The van der Waals surface area contributed by atoms with Crippen molar-refractivity contribution < 1.29 is 9.94 Å². The van der Waals surface area contributed by atoms with Gasteiger partial charge in [0.25, 0.3) is 0 Å². The number of hydrogen-bond donors (Lipinski definition) is 2. The lowest BCUT2D eigenvalue weighted by atomic mass is 9.88. The van der Waals surface area contributed by atoms with Gasteiger partial charge in [-0.25, -0.2) is 0 Å². The number of fused-ring (bicyclic) bond motifs is 3. The fourth-order valence-corrected chi connectivity index (χ4v) is 3.16. The van der Waals surface area contributed by atoms with E-state index in [0.717, 1.165) is 11.3 Å². The van der Waals surface area contributed by atoms with Gasteiger partial charge in [0.05, 0.1) is 12.3 Å². The molecule has 0 spiro atoms. The average molecular weight is 326 g/mol. The molecule has 0 aromatic heterocycles. The van der Waals surface area contributed by atoms with Gasteiger partial charge in [-0.15, -0.1) is 0 Å². The number of rotatable bonds is 5. The van der Waals surface area contributed by atoms with Gasteiger partial charge >= 0.3 is 0 Å². The van der Waals surface area contributed by atoms with Crippen molar-refractivity contribution in [1.82, 2.24) is 5.32 Å². The Morgan fingerprint density at radius 1 is 1.17 bits per heavy atom. The Hall–Kier alpha value is -1.91. The highest BCUT2D eigenvalue weighted by atomic mass is 16.6. The number of allylic oxidation sites excluding steroid dienone is 4. The Kier molecular flexibility index (Phi) is 4.88. The topological polar surface area (TPSA) is 53.8 Å². The Bertz CT molecular complexity index is 670. The lowest BCUT2D eigenvalue weighted by molar-refractivity contribution is 0.0136. The molecule has 3 rings (SSSR count). The molecule has 2 N–H and O–H groups in total. The third-order valence-electron chi connectivity index (χ3n) is 4.41. The number of benzene rings is 1. The standard InChI is InChI=1S/C20H26N2O2/c1-20(2,3)21-12-14(13-23)24-22-19-17-10-6-4-8-15(17)16-9-5-7-11-18(16)19/h4-11,14-15,17,21,23H,12-13H2,1-3H3/b22-19-. The van der Waals surface area contributed by atoms with Gasteiger partial charge in [0.2, 0.25) is 0 Å². The fourth-order valence-electron chi connectivity index (χ4n) is 3.16. The van der Waals surface area contributed by atoms with Gasteiger partial charge in [0.15, 0.2) is 6.10 Å². The van der Waals surface area contributed by atoms with Crippen LogP contribution in [0.15, 0.2) is 53.7 Å². The molecule has 4 heteroatoms. The first-order valence-electron chi connectivity index (χ1n) is 8.53. The second-order valence-electron chi connectivity index (χ2n) is 7.43. The van der Waals surface area contributed by atoms with Gasteiger partial charge in [-0.05, 0) is 26.3 Å². The molecule has 3 atom stereocenters. The highest BCUT2D eigenvalue weighted by molar-refractivity contribution is 6.08. The summed E-state index contributed by atoms with van der Waals surface area (Å²) in [5.74, 6) is 0.538. The van der Waals surface area contributed by atoms with Crippen molar-refractivity contribution in [2.24, 2.45) is 11.1 Å². The zero-order valence-electron chi connectivity index (χ0n) is 14.6. The second-order valence-corrected chi connectivity index (χ2v) is 7.43. The number of nitrogens with one attached hydrogen (secondary N) is 1. The molecule has 4 nitrogen and oxygen atoms in total. The predicted octanol–water partition coefficient (Wildman–Crippen LogP) is 3.00. The van der Waals surface area contributed by atoms with E-state index in [4.69, 9.17) is 4.84 Å². The molecule has 0 heterocycles. The first kappa shape index (κ1) is 16.9. The Balaban J connectivity index is 1.78. The summed E-state index contributed by atoms with van der Waals surface area (Å²) in [5, 5.41) is 17.4. The molecule has 2 aliphatic rings. The Morgan fingerprint density at radius 3 is 2.58 bits per heavy atom.